The Morgan fingerprint density at radius 3 is 2.56 bits per heavy atom. The first kappa shape index (κ1) is 22.9. The minimum absolute atomic E-state index is 0.0535. The Kier molecular flexibility index (Phi) is 6.55. The highest BCUT2D eigenvalue weighted by Gasteiger charge is 2.21. The lowest BCUT2D eigenvalue weighted by Gasteiger charge is -2.13. The largest absolute Gasteiger partial charge is 0.497 e. The maximum atomic E-state index is 12.0. The summed E-state index contributed by atoms with van der Waals surface area (Å²) >= 11 is 0. The number of aromatic nitrogens is 2. The van der Waals surface area contributed by atoms with Crippen molar-refractivity contribution in [2.45, 2.75) is 6.54 Å². The van der Waals surface area contributed by atoms with Gasteiger partial charge in [0.1, 0.15) is 11.6 Å². The molecule has 0 N–H and O–H groups in total. The summed E-state index contributed by atoms with van der Waals surface area (Å²) in [6, 6.07) is 17.3. The number of fused-ring (bicyclic) bond motifs is 1. The highest BCUT2D eigenvalue weighted by molar-refractivity contribution is 5.95. The Morgan fingerprint density at radius 2 is 1.85 bits per heavy atom. The third kappa shape index (κ3) is 4.33. The summed E-state index contributed by atoms with van der Waals surface area (Å²) in [5.41, 5.74) is 3.80. The second-order valence-electron chi connectivity index (χ2n) is 7.49. The van der Waals surface area contributed by atoms with Crippen LogP contribution in [0.15, 0.2) is 60.7 Å². The molecule has 0 radical (unpaired) electrons. The monoisotopic (exact) mass is 461 g/mol. The molecule has 1 aromatic heterocycles. The summed E-state index contributed by atoms with van der Waals surface area (Å²) in [7, 11) is 4.50. The van der Waals surface area contributed by atoms with Crippen molar-refractivity contribution in [3.63, 3.8) is 0 Å². The number of benzene rings is 3. The van der Waals surface area contributed by atoms with E-state index in [1.807, 2.05) is 28.8 Å². The average Bonchev–Trinajstić information content (AvgIpc) is 3.24. The van der Waals surface area contributed by atoms with Crippen LogP contribution < -0.4 is 4.74 Å². The first-order valence-corrected chi connectivity index (χ1v) is 10.5. The zero-order valence-corrected chi connectivity index (χ0v) is 19.0. The number of nitro groups is 1. The van der Waals surface area contributed by atoms with Gasteiger partial charge in [-0.15, -0.1) is 0 Å². The first-order valence-electron chi connectivity index (χ1n) is 10.5. The second kappa shape index (κ2) is 9.72. The topological polar surface area (TPSA) is 106 Å². The molecule has 0 saturated heterocycles. The number of hydrogen-bond acceptors (Lipinski definition) is 7. The van der Waals surface area contributed by atoms with Crippen LogP contribution >= 0.6 is 0 Å². The molecule has 9 nitrogen and oxygen atoms in total. The number of imidazole rings is 1. The van der Waals surface area contributed by atoms with E-state index < -0.39 is 10.9 Å². The van der Waals surface area contributed by atoms with Crippen LogP contribution in [0.2, 0.25) is 0 Å². The summed E-state index contributed by atoms with van der Waals surface area (Å²) < 4.78 is 17.4. The fourth-order valence-electron chi connectivity index (χ4n) is 3.86. The highest BCUT2D eigenvalue weighted by atomic mass is 16.6. The van der Waals surface area contributed by atoms with E-state index in [9.17, 15) is 14.9 Å². The molecule has 0 aliphatic carbocycles. The van der Waals surface area contributed by atoms with Crippen molar-refractivity contribution in [3.8, 4) is 28.3 Å². The molecule has 0 unspecified atom stereocenters. The van der Waals surface area contributed by atoms with E-state index in [-0.39, 0.29) is 5.69 Å². The fraction of sp³-hybridized carbons (Fsp3) is 0.200. The van der Waals surface area contributed by atoms with Gasteiger partial charge in [0.15, 0.2) is 0 Å². The molecule has 0 aliphatic heterocycles. The number of carbonyl (C=O) groups is 1. The smallest absolute Gasteiger partial charge is 0.337 e. The maximum Gasteiger partial charge on any atom is 0.337 e. The lowest BCUT2D eigenvalue weighted by Crippen LogP contribution is -2.07. The quantitative estimate of drug-likeness (QED) is 0.212. The van der Waals surface area contributed by atoms with Crippen LogP contribution in [0.25, 0.3) is 33.5 Å². The van der Waals surface area contributed by atoms with Gasteiger partial charge in [0.05, 0.1) is 42.3 Å². The number of esters is 1. The van der Waals surface area contributed by atoms with Crippen molar-refractivity contribution < 1.29 is 23.9 Å². The molecule has 9 heteroatoms. The SMILES string of the molecule is COCCn1c(-c2cc([N+](=O)[O-])ccc2-c2cccc(OC)c2)nc2cc(C(=O)OC)ccc21. The van der Waals surface area contributed by atoms with Crippen molar-refractivity contribution in [2.24, 2.45) is 0 Å². The Bertz CT molecular complexity index is 1380. The van der Waals surface area contributed by atoms with E-state index in [4.69, 9.17) is 19.2 Å². The summed E-state index contributed by atoms with van der Waals surface area (Å²) in [4.78, 5) is 28.0. The minimum atomic E-state index is -0.470. The number of hydrogen-bond donors (Lipinski definition) is 0. The van der Waals surface area contributed by atoms with Crippen LogP contribution in [-0.4, -0.2) is 48.4 Å². The van der Waals surface area contributed by atoms with Gasteiger partial charge in [-0.3, -0.25) is 10.1 Å². The summed E-state index contributed by atoms with van der Waals surface area (Å²) in [5.74, 6) is 0.718. The standard InChI is InChI=1S/C25H23N3O6/c1-32-12-11-27-23-10-7-17(25(29)34-3)14-22(23)26-24(27)21-15-18(28(30)31)8-9-20(21)16-5-4-6-19(13-16)33-2/h4-10,13-15H,11-12H2,1-3H3. The molecule has 1 heterocycles. The number of carbonyl (C=O) groups excluding carboxylic acids is 1. The van der Waals surface area contributed by atoms with Crippen LogP contribution in [0.4, 0.5) is 5.69 Å². The van der Waals surface area contributed by atoms with Gasteiger partial charge in [0.25, 0.3) is 5.69 Å². The van der Waals surface area contributed by atoms with E-state index in [2.05, 4.69) is 0 Å². The zero-order valence-electron chi connectivity index (χ0n) is 19.0. The van der Waals surface area contributed by atoms with Gasteiger partial charge in [-0.1, -0.05) is 12.1 Å². The van der Waals surface area contributed by atoms with Gasteiger partial charge in [0.2, 0.25) is 0 Å². The van der Waals surface area contributed by atoms with Crippen LogP contribution in [0.5, 0.6) is 5.75 Å². The highest BCUT2D eigenvalue weighted by Crippen LogP contribution is 2.37. The molecule has 34 heavy (non-hydrogen) atoms. The fourth-order valence-corrected chi connectivity index (χ4v) is 3.86. The summed E-state index contributed by atoms with van der Waals surface area (Å²) in [5, 5.41) is 11.6. The van der Waals surface area contributed by atoms with Crippen LogP contribution in [0, 0.1) is 10.1 Å². The van der Waals surface area contributed by atoms with E-state index in [1.54, 1.807) is 38.5 Å². The Labute approximate surface area is 195 Å². The van der Waals surface area contributed by atoms with Crippen molar-refractivity contribution in [2.75, 3.05) is 27.9 Å². The van der Waals surface area contributed by atoms with E-state index >= 15 is 0 Å². The molecule has 174 valence electrons. The van der Waals surface area contributed by atoms with Gasteiger partial charge < -0.3 is 18.8 Å². The third-order valence-electron chi connectivity index (χ3n) is 5.52. The summed E-state index contributed by atoms with van der Waals surface area (Å²) in [6.07, 6.45) is 0. The molecule has 0 aliphatic rings. The molecule has 0 amide bonds. The first-order chi connectivity index (χ1) is 16.5. The number of ether oxygens (including phenoxy) is 3. The number of non-ortho nitro benzene ring substituents is 1. The van der Waals surface area contributed by atoms with Crippen LogP contribution in [0.3, 0.4) is 0 Å². The van der Waals surface area contributed by atoms with Crippen molar-refractivity contribution >= 4 is 22.7 Å². The molecule has 4 aromatic rings. The number of methoxy groups -OCH3 is 3. The molecule has 0 fully saturated rings. The van der Waals surface area contributed by atoms with Gasteiger partial charge in [-0.05, 0) is 47.5 Å². The normalized spacial score (nSPS) is 10.9. The lowest BCUT2D eigenvalue weighted by atomic mass is 9.98. The Hall–Kier alpha value is -4.24. The van der Waals surface area contributed by atoms with E-state index in [0.717, 1.165) is 16.6 Å². The minimum Gasteiger partial charge on any atom is -0.497 e. The number of nitro benzene ring substituents is 1. The van der Waals surface area contributed by atoms with Crippen molar-refractivity contribution in [1.82, 2.24) is 9.55 Å². The third-order valence-corrected chi connectivity index (χ3v) is 5.52. The second-order valence-corrected chi connectivity index (χ2v) is 7.49. The predicted molar refractivity (Wildman–Crippen MR) is 127 cm³/mol. The zero-order chi connectivity index (χ0) is 24.2. The number of nitrogens with zero attached hydrogens (tertiary/aromatic N) is 3. The Balaban J connectivity index is 1.99. The molecule has 0 spiro atoms. The summed E-state index contributed by atoms with van der Waals surface area (Å²) in [6.45, 7) is 0.862. The van der Waals surface area contributed by atoms with Gasteiger partial charge in [-0.2, -0.15) is 0 Å². The molecular weight excluding hydrogens is 438 g/mol. The lowest BCUT2D eigenvalue weighted by molar-refractivity contribution is -0.384. The van der Waals surface area contributed by atoms with Crippen molar-refractivity contribution in [3.05, 3.63) is 76.3 Å². The predicted octanol–water partition coefficient (Wildman–Crippen LogP) is 4.72. The Morgan fingerprint density at radius 1 is 1.03 bits per heavy atom. The molecule has 4 rings (SSSR count). The molecule has 3 aromatic carbocycles. The van der Waals surface area contributed by atoms with E-state index in [1.165, 1.54) is 19.2 Å². The van der Waals surface area contributed by atoms with Crippen LogP contribution in [-0.2, 0) is 16.0 Å². The van der Waals surface area contributed by atoms with Gasteiger partial charge in [0, 0.05) is 31.4 Å². The number of rotatable bonds is 8. The van der Waals surface area contributed by atoms with Crippen LogP contribution in [0.1, 0.15) is 10.4 Å². The van der Waals surface area contributed by atoms with Crippen molar-refractivity contribution in [1.29, 1.82) is 0 Å². The molecular formula is C25H23N3O6. The molecule has 0 bridgehead atoms. The maximum absolute atomic E-state index is 12.0. The molecule has 0 saturated carbocycles. The molecule has 0 atom stereocenters. The van der Waals surface area contributed by atoms with Gasteiger partial charge >= 0.3 is 5.97 Å². The van der Waals surface area contributed by atoms with Gasteiger partial charge in [-0.25, -0.2) is 9.78 Å². The average molecular weight is 461 g/mol. The van der Waals surface area contributed by atoms with E-state index in [0.29, 0.717) is 41.4 Å².